The Morgan fingerprint density at radius 1 is 1.09 bits per heavy atom. The van der Waals surface area contributed by atoms with E-state index >= 15 is 0 Å². The van der Waals surface area contributed by atoms with Crippen LogP contribution in [0.1, 0.15) is 22.8 Å². The number of carbonyl (C=O) groups is 2. The Morgan fingerprint density at radius 3 is 2.24 bits per heavy atom. The van der Waals surface area contributed by atoms with E-state index in [1.807, 2.05) is 4.90 Å². The number of alkyl halides is 3. The number of hydrogen-bond donors (Lipinski definition) is 1. The van der Waals surface area contributed by atoms with Crippen molar-refractivity contribution in [2.24, 2.45) is 0 Å². The van der Waals surface area contributed by atoms with Gasteiger partial charge < -0.3 is 10.2 Å². The van der Waals surface area contributed by atoms with E-state index in [2.05, 4.69) is 5.32 Å². The van der Waals surface area contributed by atoms with Gasteiger partial charge in [-0.3, -0.25) is 24.6 Å². The first-order valence-corrected chi connectivity index (χ1v) is 10.3. The number of nitrogens with one attached hydrogen (secondary N) is 1. The van der Waals surface area contributed by atoms with Crippen LogP contribution in [-0.4, -0.2) is 58.8 Å². The van der Waals surface area contributed by atoms with Gasteiger partial charge in [0.15, 0.2) is 0 Å². The minimum Gasteiger partial charge on any atom is -0.336 e. The summed E-state index contributed by atoms with van der Waals surface area (Å²) < 4.78 is 38.1. The van der Waals surface area contributed by atoms with Crippen LogP contribution in [0, 0.1) is 10.1 Å². The smallest absolute Gasteiger partial charge is 0.336 e. The molecule has 0 radical (unpaired) electrons. The molecule has 176 valence electrons. The molecule has 1 atom stereocenters. The van der Waals surface area contributed by atoms with Crippen molar-refractivity contribution in [3.05, 3.63) is 68.7 Å². The molecular weight excluding hydrogens is 465 g/mol. The van der Waals surface area contributed by atoms with Gasteiger partial charge in [-0.1, -0.05) is 11.6 Å². The number of nitrogens with zero attached hydrogens (tertiary/aromatic N) is 3. The molecule has 3 rings (SSSR count). The molecular formula is C21H20ClF3N4O4. The van der Waals surface area contributed by atoms with E-state index in [1.54, 1.807) is 6.92 Å². The molecule has 1 aliphatic heterocycles. The van der Waals surface area contributed by atoms with Gasteiger partial charge in [0.2, 0.25) is 5.91 Å². The SMILES string of the molecule is CC(C(=O)Nc1cc([N+](=O)[O-])ccc1Cl)N1CCN(C(=O)c2ccc(C(F)(F)F)cc2)CC1. The van der Waals surface area contributed by atoms with Crippen molar-refractivity contribution in [1.29, 1.82) is 0 Å². The van der Waals surface area contributed by atoms with Crippen molar-refractivity contribution in [2.75, 3.05) is 31.5 Å². The van der Waals surface area contributed by atoms with Gasteiger partial charge in [-0.15, -0.1) is 0 Å². The number of hydrogen-bond acceptors (Lipinski definition) is 5. The Labute approximate surface area is 192 Å². The maximum absolute atomic E-state index is 12.7. The average Bonchev–Trinajstić information content (AvgIpc) is 2.79. The summed E-state index contributed by atoms with van der Waals surface area (Å²) in [5.41, 5.74) is -0.758. The lowest BCUT2D eigenvalue weighted by Gasteiger charge is -2.37. The minimum atomic E-state index is -4.47. The van der Waals surface area contributed by atoms with Crippen LogP contribution in [0.3, 0.4) is 0 Å². The van der Waals surface area contributed by atoms with Gasteiger partial charge >= 0.3 is 6.18 Å². The summed E-state index contributed by atoms with van der Waals surface area (Å²) in [6, 6.07) is 7.16. The summed E-state index contributed by atoms with van der Waals surface area (Å²) in [5.74, 6) is -0.802. The summed E-state index contributed by atoms with van der Waals surface area (Å²) in [6.45, 7) is 2.96. The molecule has 1 heterocycles. The van der Waals surface area contributed by atoms with Crippen molar-refractivity contribution in [3.63, 3.8) is 0 Å². The van der Waals surface area contributed by atoms with Gasteiger partial charge in [0.05, 0.1) is 27.2 Å². The number of nitro benzene ring substituents is 1. The van der Waals surface area contributed by atoms with Crippen molar-refractivity contribution < 1.29 is 27.7 Å². The second-order valence-electron chi connectivity index (χ2n) is 7.49. The van der Waals surface area contributed by atoms with Crippen LogP contribution in [0.2, 0.25) is 5.02 Å². The Hall–Kier alpha value is -3.18. The van der Waals surface area contributed by atoms with E-state index in [1.165, 1.54) is 23.1 Å². The summed E-state index contributed by atoms with van der Waals surface area (Å²) >= 11 is 6.02. The number of amides is 2. The Bertz CT molecular complexity index is 1050. The third-order valence-electron chi connectivity index (χ3n) is 5.41. The number of carbonyl (C=O) groups excluding carboxylic acids is 2. The molecule has 12 heteroatoms. The molecule has 2 amide bonds. The zero-order valence-corrected chi connectivity index (χ0v) is 18.2. The molecule has 0 saturated carbocycles. The van der Waals surface area contributed by atoms with Crippen LogP contribution in [0.25, 0.3) is 0 Å². The third kappa shape index (κ3) is 5.79. The summed E-state index contributed by atoms with van der Waals surface area (Å²) in [4.78, 5) is 38.9. The predicted octanol–water partition coefficient (Wildman–Crippen LogP) is 4.05. The molecule has 0 bridgehead atoms. The fraction of sp³-hybridized carbons (Fsp3) is 0.333. The molecule has 1 N–H and O–H groups in total. The van der Waals surface area contributed by atoms with Gasteiger partial charge in [-0.05, 0) is 37.3 Å². The molecule has 1 aliphatic rings. The minimum absolute atomic E-state index is 0.124. The van der Waals surface area contributed by atoms with Gasteiger partial charge in [0, 0.05) is 43.9 Å². The normalized spacial score (nSPS) is 15.7. The topological polar surface area (TPSA) is 95.8 Å². The second kappa shape index (κ2) is 9.75. The van der Waals surface area contributed by atoms with E-state index in [0.717, 1.165) is 24.3 Å². The molecule has 1 fully saturated rings. The van der Waals surface area contributed by atoms with Crippen LogP contribution < -0.4 is 5.32 Å². The lowest BCUT2D eigenvalue weighted by molar-refractivity contribution is -0.384. The van der Waals surface area contributed by atoms with E-state index in [0.29, 0.717) is 13.1 Å². The number of rotatable bonds is 5. The summed E-state index contributed by atoms with van der Waals surface area (Å²) in [5, 5.41) is 13.7. The number of non-ortho nitro benzene ring substituents is 1. The first kappa shape index (κ1) is 24.5. The Balaban J connectivity index is 1.58. The second-order valence-corrected chi connectivity index (χ2v) is 7.90. The maximum atomic E-state index is 12.7. The van der Waals surface area contributed by atoms with Gasteiger partial charge in [-0.2, -0.15) is 13.2 Å². The van der Waals surface area contributed by atoms with Gasteiger partial charge in [0.25, 0.3) is 11.6 Å². The quantitative estimate of drug-likeness (QED) is 0.510. The predicted molar refractivity (Wildman–Crippen MR) is 115 cm³/mol. The molecule has 0 aliphatic carbocycles. The highest BCUT2D eigenvalue weighted by atomic mass is 35.5. The fourth-order valence-corrected chi connectivity index (χ4v) is 3.59. The highest BCUT2D eigenvalue weighted by Crippen LogP contribution is 2.29. The first-order valence-electron chi connectivity index (χ1n) is 9.93. The van der Waals surface area contributed by atoms with Crippen molar-refractivity contribution in [1.82, 2.24) is 9.80 Å². The molecule has 33 heavy (non-hydrogen) atoms. The summed E-state index contributed by atoms with van der Waals surface area (Å²) in [7, 11) is 0. The number of halogens is 4. The molecule has 1 unspecified atom stereocenters. The van der Waals surface area contributed by atoms with Crippen LogP contribution in [0.4, 0.5) is 24.5 Å². The van der Waals surface area contributed by atoms with Gasteiger partial charge in [-0.25, -0.2) is 0 Å². The zero-order chi connectivity index (χ0) is 24.3. The highest BCUT2D eigenvalue weighted by molar-refractivity contribution is 6.33. The van der Waals surface area contributed by atoms with Crippen molar-refractivity contribution >= 4 is 34.8 Å². The molecule has 8 nitrogen and oxygen atoms in total. The van der Waals surface area contributed by atoms with Crippen LogP contribution in [-0.2, 0) is 11.0 Å². The van der Waals surface area contributed by atoms with Crippen molar-refractivity contribution in [3.8, 4) is 0 Å². The first-order chi connectivity index (χ1) is 15.5. The largest absolute Gasteiger partial charge is 0.416 e. The average molecular weight is 485 g/mol. The number of benzene rings is 2. The number of anilines is 1. The zero-order valence-electron chi connectivity index (χ0n) is 17.4. The summed E-state index contributed by atoms with van der Waals surface area (Å²) in [6.07, 6.45) is -4.47. The monoisotopic (exact) mass is 484 g/mol. The lowest BCUT2D eigenvalue weighted by atomic mass is 10.1. The third-order valence-corrected chi connectivity index (χ3v) is 5.74. The van der Waals surface area contributed by atoms with Crippen LogP contribution >= 0.6 is 11.6 Å². The standard InChI is InChI=1S/C21H20ClF3N4O4/c1-13(19(30)26-18-12-16(29(32)33)6-7-17(18)22)27-8-10-28(11-9-27)20(31)14-2-4-15(5-3-14)21(23,24)25/h2-7,12-13H,8-11H2,1H3,(H,26,30). The van der Waals surface area contributed by atoms with E-state index in [9.17, 15) is 32.9 Å². The highest BCUT2D eigenvalue weighted by Gasteiger charge is 2.31. The van der Waals surface area contributed by atoms with E-state index in [4.69, 9.17) is 11.6 Å². The molecule has 2 aromatic carbocycles. The van der Waals surface area contributed by atoms with E-state index in [-0.39, 0.29) is 41.0 Å². The van der Waals surface area contributed by atoms with E-state index < -0.39 is 28.6 Å². The van der Waals surface area contributed by atoms with Gasteiger partial charge in [0.1, 0.15) is 0 Å². The van der Waals surface area contributed by atoms with Crippen LogP contribution in [0.5, 0.6) is 0 Å². The fourth-order valence-electron chi connectivity index (χ4n) is 3.42. The molecule has 0 spiro atoms. The Morgan fingerprint density at radius 2 is 1.70 bits per heavy atom. The number of nitro groups is 1. The molecule has 0 aromatic heterocycles. The van der Waals surface area contributed by atoms with Crippen LogP contribution in [0.15, 0.2) is 42.5 Å². The lowest BCUT2D eigenvalue weighted by Crippen LogP contribution is -2.54. The maximum Gasteiger partial charge on any atom is 0.416 e. The molecule has 1 saturated heterocycles. The van der Waals surface area contributed by atoms with Crippen molar-refractivity contribution in [2.45, 2.75) is 19.1 Å². The Kier molecular flexibility index (Phi) is 7.23. The molecule has 2 aromatic rings. The number of piperazine rings is 1.